The summed E-state index contributed by atoms with van der Waals surface area (Å²) in [7, 11) is -3.56. The first-order chi connectivity index (χ1) is 31.8. The number of thiazole rings is 2. The van der Waals surface area contributed by atoms with Gasteiger partial charge in [0.1, 0.15) is 11.5 Å². The second kappa shape index (κ2) is 14.4. The smallest absolute Gasteiger partial charge is 0.220 e. The van der Waals surface area contributed by atoms with Gasteiger partial charge in [0.05, 0.1) is 44.5 Å². The summed E-state index contributed by atoms with van der Waals surface area (Å²) in [5.41, 5.74) is 7.10. The molecule has 1 aliphatic heterocycles. The molecule has 1 aliphatic rings. The van der Waals surface area contributed by atoms with Crippen molar-refractivity contribution in [3.8, 4) is 17.2 Å². The third-order valence-electron chi connectivity index (χ3n) is 11.9. The Labute approximate surface area is 367 Å². The number of rotatable bonds is 9. The highest BCUT2D eigenvalue weighted by molar-refractivity contribution is 7.20. The molecule has 6 nitrogen and oxygen atoms in total. The van der Waals surface area contributed by atoms with E-state index in [2.05, 4.69) is 128 Å². The molecule has 61 heavy (non-hydrogen) atoms. The molecule has 0 spiro atoms. The third kappa shape index (κ3) is 5.54. The van der Waals surface area contributed by atoms with E-state index in [1.165, 1.54) is 22.7 Å². The van der Waals surface area contributed by atoms with Gasteiger partial charge in [-0.2, -0.15) is 0 Å². The molecule has 0 saturated heterocycles. The molecule has 0 amide bonds. The van der Waals surface area contributed by atoms with Gasteiger partial charge < -0.3 is 4.74 Å². The molecule has 0 bridgehead atoms. The summed E-state index contributed by atoms with van der Waals surface area (Å²) in [4.78, 5) is 14.4. The maximum atomic E-state index is 10.3. The summed E-state index contributed by atoms with van der Waals surface area (Å²) in [6.07, 6.45) is -4.85. The van der Waals surface area contributed by atoms with E-state index in [9.17, 15) is 5.48 Å². The lowest BCUT2D eigenvalue weighted by molar-refractivity contribution is 0.385. The molecule has 0 saturated carbocycles. The molecule has 5 heterocycles. The maximum Gasteiger partial charge on any atom is 0.220 e. The Morgan fingerprint density at radius 1 is 0.574 bits per heavy atom. The molecule has 0 unspecified atom stereocenters. The number of benzene rings is 7. The number of aromatic nitrogens is 5. The molecule has 11 aromatic rings. The number of hydrogen-bond acceptors (Lipinski definition) is 6. The van der Waals surface area contributed by atoms with Gasteiger partial charge in [-0.15, -0.1) is 22.7 Å². The minimum Gasteiger partial charge on any atom is -0.457 e. The van der Waals surface area contributed by atoms with Gasteiger partial charge in [0.25, 0.3) is 0 Å². The lowest BCUT2D eigenvalue weighted by atomic mass is 9.67. The van der Waals surface area contributed by atoms with Gasteiger partial charge in [0.2, 0.25) is 5.78 Å². The predicted octanol–water partition coefficient (Wildman–Crippen LogP) is 9.60. The lowest BCUT2D eigenvalue weighted by Crippen LogP contribution is -2.75. The number of nitrogens with zero attached hydrogens (tertiary/aromatic N) is 5. The van der Waals surface area contributed by atoms with Crippen LogP contribution in [0.3, 0.4) is 0 Å². The molecular weight excluding hydrogens is 803 g/mol. The van der Waals surface area contributed by atoms with Crippen LogP contribution in [0.5, 0.6) is 11.5 Å². The van der Waals surface area contributed by atoms with E-state index in [1.54, 1.807) is 27.8 Å². The highest BCUT2D eigenvalue weighted by Gasteiger charge is 2.49. The predicted molar refractivity (Wildman–Crippen MR) is 252 cm³/mol. The fourth-order valence-corrected chi connectivity index (χ4v) is 15.3. The van der Waals surface area contributed by atoms with E-state index in [-0.39, 0.29) is 11.4 Å². The quantitative estimate of drug-likeness (QED) is 0.107. The Hall–Kier alpha value is -6.91. The summed E-state index contributed by atoms with van der Waals surface area (Å²) in [6.45, 7) is 0. The topological polar surface area (TPSA) is 57.2 Å². The van der Waals surface area contributed by atoms with Crippen LogP contribution in [0, 0.1) is 0 Å². The summed E-state index contributed by atoms with van der Waals surface area (Å²) in [6, 6.07) is 59.6. The van der Waals surface area contributed by atoms with E-state index in [1.807, 2.05) is 60.7 Å². The molecule has 0 radical (unpaired) electrons. The van der Waals surface area contributed by atoms with Crippen LogP contribution in [-0.2, 0) is 18.2 Å². The van der Waals surface area contributed by atoms with Crippen LogP contribution in [0.15, 0.2) is 198 Å². The van der Waals surface area contributed by atoms with E-state index in [0.717, 1.165) is 54.3 Å². The minimum absolute atomic E-state index is 0.133. The second-order valence-electron chi connectivity index (χ2n) is 15.1. The Kier molecular flexibility index (Phi) is 7.53. The van der Waals surface area contributed by atoms with E-state index in [0.29, 0.717) is 22.6 Å². The molecular formula is C52H37N5OS2Si. The molecule has 9 heteroatoms. The first-order valence-corrected chi connectivity index (χ1v) is 23.9. The Bertz CT molecular complexity index is 3470. The maximum absolute atomic E-state index is 10.3. The van der Waals surface area contributed by atoms with Crippen molar-refractivity contribution >= 4 is 79.3 Å². The number of ether oxygens (including phenoxy) is 1. The van der Waals surface area contributed by atoms with Crippen molar-refractivity contribution in [2.75, 3.05) is 0 Å². The Morgan fingerprint density at radius 3 is 1.87 bits per heavy atom. The highest BCUT2D eigenvalue weighted by Crippen LogP contribution is 2.51. The summed E-state index contributed by atoms with van der Waals surface area (Å²) < 4.78 is 53.1. The largest absolute Gasteiger partial charge is 0.457 e. The molecule has 0 fully saturated rings. The first kappa shape index (κ1) is 31.9. The molecule has 0 aliphatic carbocycles. The van der Waals surface area contributed by atoms with Crippen LogP contribution in [0.1, 0.15) is 28.0 Å². The number of imidazole rings is 2. The molecule has 7 aromatic carbocycles. The Morgan fingerprint density at radius 2 is 1.16 bits per heavy atom. The van der Waals surface area contributed by atoms with Gasteiger partial charge in [-0.05, 0) is 63.2 Å². The molecule has 12 rings (SSSR count). The number of para-hydroxylation sites is 6. The van der Waals surface area contributed by atoms with Gasteiger partial charge in [-0.1, -0.05) is 133 Å². The summed E-state index contributed by atoms with van der Waals surface area (Å²) in [5, 5.41) is 7.41. The van der Waals surface area contributed by atoms with Crippen LogP contribution >= 0.6 is 22.7 Å². The van der Waals surface area contributed by atoms with Gasteiger partial charge in [0, 0.05) is 51.2 Å². The zero-order valence-corrected chi connectivity index (χ0v) is 35.1. The van der Waals surface area contributed by atoms with Gasteiger partial charge >= 0.3 is 0 Å². The van der Waals surface area contributed by atoms with Crippen molar-refractivity contribution in [3.05, 3.63) is 220 Å². The van der Waals surface area contributed by atoms with Gasteiger partial charge in [-0.3, -0.25) is 8.97 Å². The minimum atomic E-state index is -3.56. The monoisotopic (exact) mass is 843 g/mol. The third-order valence-corrected chi connectivity index (χ3v) is 17.8. The van der Waals surface area contributed by atoms with E-state index >= 15 is 0 Å². The fourth-order valence-electron chi connectivity index (χ4n) is 9.42. The fraction of sp³-hybridized carbons (Fsp3) is 0.0577. The lowest BCUT2D eigenvalue weighted by Gasteiger charge is -2.43. The van der Waals surface area contributed by atoms with Crippen molar-refractivity contribution in [1.29, 1.82) is 0 Å². The van der Waals surface area contributed by atoms with Crippen molar-refractivity contribution in [2.45, 2.75) is 18.2 Å². The van der Waals surface area contributed by atoms with Crippen LogP contribution in [-0.4, -0.2) is 32.0 Å². The summed E-state index contributed by atoms with van der Waals surface area (Å²) in [5.74, 6) is 1.59. The number of fused-ring (bicyclic) bond motifs is 7. The zero-order valence-electron chi connectivity index (χ0n) is 36.5. The van der Waals surface area contributed by atoms with Crippen molar-refractivity contribution in [3.63, 3.8) is 0 Å². The van der Waals surface area contributed by atoms with E-state index in [4.69, 9.17) is 9.72 Å². The first-order valence-electron chi connectivity index (χ1n) is 22.0. The average molecular weight is 844 g/mol. The molecule has 0 atom stereocenters. The molecule has 4 aromatic heterocycles. The van der Waals surface area contributed by atoms with Crippen LogP contribution < -0.4 is 25.5 Å². The number of hydrogen-bond donors (Lipinski definition) is 0. The van der Waals surface area contributed by atoms with E-state index < -0.39 is 26.2 Å². The average Bonchev–Trinajstić information content (AvgIpc) is 4.19. The highest BCUT2D eigenvalue weighted by atomic mass is 32.1. The normalized spacial score (nSPS) is 14.8. The Balaban J connectivity index is 1.22. The summed E-state index contributed by atoms with van der Waals surface area (Å²) >= 11 is 2.56. The second-order valence-corrected chi connectivity index (χ2v) is 20.3. The van der Waals surface area contributed by atoms with Crippen molar-refractivity contribution in [1.82, 2.24) is 23.9 Å². The van der Waals surface area contributed by atoms with Crippen molar-refractivity contribution < 1.29 is 10.2 Å². The standard InChI is InChI=1S/C52H37N5OS2Si/c1-3-16-39(17-4-1)61(40-18-5-2-6-19-40,41-20-13-15-38(29-41)56-46-25-10-11-26-47(46)57-45-24-9-8-23-44(45)55-51(56)57)49-28-14-22-43-50(49)58-48-27-12-7-21-42(48)52(43,30-36-32-59-34-53-36)31-37-33-60-35-54-37/h1-29,32-35H,30-31H2/i30D2,31D2. The van der Waals surface area contributed by atoms with Crippen LogP contribution in [0.25, 0.3) is 33.5 Å². The SMILES string of the molecule is [2H]C([2H])(c1cscn1)C1(C([2H])([2H])c2cscn2)c2ccccc2Oc2c1cccc2[Si](c1ccccc1)(c1ccccc1)c1cccc(-n2c3ccccc3n3c4ccccc4nc23)c1. The van der Waals surface area contributed by atoms with Crippen molar-refractivity contribution in [2.24, 2.45) is 0 Å². The zero-order chi connectivity index (χ0) is 44.0. The molecule has 0 N–H and O–H groups in total. The van der Waals surface area contributed by atoms with Gasteiger partial charge in [-0.25, -0.2) is 15.0 Å². The van der Waals surface area contributed by atoms with Crippen LogP contribution in [0.4, 0.5) is 0 Å². The molecule has 292 valence electrons. The van der Waals surface area contributed by atoms with Gasteiger partial charge in [0.15, 0.2) is 8.07 Å². The van der Waals surface area contributed by atoms with Crippen LogP contribution in [0.2, 0.25) is 0 Å².